The molecule has 0 radical (unpaired) electrons. The summed E-state index contributed by atoms with van der Waals surface area (Å²) in [6, 6.07) is 4.39. The second-order valence-electron chi connectivity index (χ2n) is 4.09. The van der Waals surface area contributed by atoms with Gasteiger partial charge in [0.15, 0.2) is 12.6 Å². The first-order chi connectivity index (χ1) is 9.08. The van der Waals surface area contributed by atoms with Gasteiger partial charge in [0.25, 0.3) is 0 Å². The number of benzene rings is 1. The third-order valence-electron chi connectivity index (χ3n) is 2.70. The first-order valence-electron chi connectivity index (χ1n) is 5.70. The minimum atomic E-state index is -1.24. The number of fused-ring (bicyclic) bond motifs is 1. The molecule has 0 saturated heterocycles. The van der Waals surface area contributed by atoms with E-state index in [2.05, 4.69) is 5.43 Å². The predicted molar refractivity (Wildman–Crippen MR) is 64.8 cm³/mol. The van der Waals surface area contributed by atoms with Crippen LogP contribution in [0.4, 0.5) is 4.79 Å². The van der Waals surface area contributed by atoms with E-state index < -0.39 is 12.1 Å². The van der Waals surface area contributed by atoms with Crippen molar-refractivity contribution in [2.45, 2.75) is 19.6 Å². The molecular weight excluding hydrogens is 252 g/mol. The SMILES string of the molecule is CC(NNC(=O)O)C(=O)c1ccc2c(c1)OCOC2. The van der Waals surface area contributed by atoms with E-state index in [1.807, 2.05) is 5.43 Å². The fourth-order valence-electron chi connectivity index (χ4n) is 1.70. The highest BCUT2D eigenvalue weighted by Crippen LogP contribution is 2.25. The predicted octanol–water partition coefficient (Wildman–Crippen LogP) is 0.897. The maximum atomic E-state index is 12.1. The number of hydrogen-bond acceptors (Lipinski definition) is 5. The summed E-state index contributed by atoms with van der Waals surface area (Å²) in [5, 5.41) is 8.45. The van der Waals surface area contributed by atoms with Gasteiger partial charge in [0.2, 0.25) is 0 Å². The van der Waals surface area contributed by atoms with Crippen molar-refractivity contribution in [1.82, 2.24) is 10.9 Å². The number of amides is 1. The highest BCUT2D eigenvalue weighted by atomic mass is 16.7. The van der Waals surface area contributed by atoms with Crippen LogP contribution >= 0.6 is 0 Å². The molecule has 0 saturated carbocycles. The Balaban J connectivity index is 2.08. The Kier molecular flexibility index (Phi) is 3.98. The van der Waals surface area contributed by atoms with Crippen LogP contribution in [-0.4, -0.2) is 29.8 Å². The van der Waals surface area contributed by atoms with Crippen LogP contribution in [0, 0.1) is 0 Å². The van der Waals surface area contributed by atoms with Crippen molar-refractivity contribution in [3.63, 3.8) is 0 Å². The Bertz CT molecular complexity index is 503. The fourth-order valence-corrected chi connectivity index (χ4v) is 1.70. The zero-order valence-electron chi connectivity index (χ0n) is 10.3. The number of rotatable bonds is 4. The number of carbonyl (C=O) groups is 2. The van der Waals surface area contributed by atoms with Gasteiger partial charge in [-0.1, -0.05) is 12.1 Å². The molecule has 0 aromatic heterocycles. The minimum absolute atomic E-state index is 0.166. The zero-order valence-corrected chi connectivity index (χ0v) is 10.3. The van der Waals surface area contributed by atoms with Crippen LogP contribution in [0.15, 0.2) is 18.2 Å². The topological polar surface area (TPSA) is 96.9 Å². The number of ether oxygens (including phenoxy) is 2. The monoisotopic (exact) mass is 266 g/mol. The third-order valence-corrected chi connectivity index (χ3v) is 2.70. The van der Waals surface area contributed by atoms with Crippen LogP contribution in [-0.2, 0) is 11.3 Å². The fraction of sp³-hybridized carbons (Fsp3) is 0.333. The van der Waals surface area contributed by atoms with Crippen LogP contribution < -0.4 is 15.6 Å². The molecule has 1 heterocycles. The Hall–Kier alpha value is -2.12. The molecule has 1 unspecified atom stereocenters. The number of Topliss-reactive ketones (excluding diaryl/α,β-unsaturated/α-hetero) is 1. The van der Waals surface area contributed by atoms with Crippen LogP contribution in [0.25, 0.3) is 0 Å². The average Bonchev–Trinajstić information content (AvgIpc) is 2.43. The molecule has 1 aliphatic heterocycles. The van der Waals surface area contributed by atoms with Crippen LogP contribution in [0.1, 0.15) is 22.8 Å². The van der Waals surface area contributed by atoms with E-state index in [9.17, 15) is 9.59 Å². The molecule has 0 spiro atoms. The van der Waals surface area contributed by atoms with Gasteiger partial charge in [0, 0.05) is 11.1 Å². The summed E-state index contributed by atoms with van der Waals surface area (Å²) in [6.45, 7) is 2.19. The Labute approximate surface area is 109 Å². The lowest BCUT2D eigenvalue weighted by Gasteiger charge is -2.19. The normalized spacial score (nSPS) is 15.0. The summed E-state index contributed by atoms with van der Waals surface area (Å²) in [6.07, 6.45) is -1.24. The van der Waals surface area contributed by atoms with Crippen LogP contribution in [0.5, 0.6) is 5.75 Å². The third kappa shape index (κ3) is 3.21. The molecule has 0 bridgehead atoms. The summed E-state index contributed by atoms with van der Waals surface area (Å²) in [5.41, 5.74) is 5.68. The lowest BCUT2D eigenvalue weighted by molar-refractivity contribution is -0.0164. The van der Waals surface area contributed by atoms with Crippen molar-refractivity contribution in [1.29, 1.82) is 0 Å². The van der Waals surface area contributed by atoms with Gasteiger partial charge < -0.3 is 14.6 Å². The van der Waals surface area contributed by atoms with Crippen molar-refractivity contribution in [3.8, 4) is 5.75 Å². The highest BCUT2D eigenvalue weighted by molar-refractivity contribution is 6.00. The van der Waals surface area contributed by atoms with Crippen LogP contribution in [0.3, 0.4) is 0 Å². The van der Waals surface area contributed by atoms with Crippen molar-refractivity contribution < 1.29 is 24.2 Å². The quantitative estimate of drug-likeness (QED) is 0.553. The Morgan fingerprint density at radius 3 is 2.95 bits per heavy atom. The van der Waals surface area contributed by atoms with Gasteiger partial charge in [-0.15, -0.1) is 0 Å². The first kappa shape index (κ1) is 13.3. The molecule has 19 heavy (non-hydrogen) atoms. The van der Waals surface area contributed by atoms with E-state index in [-0.39, 0.29) is 12.6 Å². The second kappa shape index (κ2) is 5.68. The number of hydrogen-bond donors (Lipinski definition) is 3. The number of carbonyl (C=O) groups excluding carboxylic acids is 1. The van der Waals surface area contributed by atoms with E-state index in [1.54, 1.807) is 25.1 Å². The maximum Gasteiger partial charge on any atom is 0.419 e. The summed E-state index contributed by atoms with van der Waals surface area (Å²) >= 11 is 0. The highest BCUT2D eigenvalue weighted by Gasteiger charge is 2.18. The Morgan fingerprint density at radius 2 is 2.21 bits per heavy atom. The maximum absolute atomic E-state index is 12.1. The smallest absolute Gasteiger partial charge is 0.419 e. The molecule has 3 N–H and O–H groups in total. The largest absolute Gasteiger partial charge is 0.467 e. The standard InChI is InChI=1S/C12H14N2O5/c1-7(13-14-12(16)17)11(15)8-2-3-9-5-18-6-19-10(9)4-8/h2-4,7,13-14H,5-6H2,1H3,(H,16,17). The number of nitrogens with one attached hydrogen (secondary N) is 2. The van der Waals surface area contributed by atoms with Gasteiger partial charge in [-0.2, -0.15) is 0 Å². The number of hydrazine groups is 1. The van der Waals surface area contributed by atoms with Gasteiger partial charge in [-0.3, -0.25) is 10.2 Å². The molecule has 0 fully saturated rings. The second-order valence-corrected chi connectivity index (χ2v) is 4.09. The molecule has 1 amide bonds. The van der Waals surface area contributed by atoms with Gasteiger partial charge >= 0.3 is 6.09 Å². The summed E-state index contributed by atoms with van der Waals surface area (Å²) in [5.74, 6) is 0.391. The molecule has 102 valence electrons. The summed E-state index contributed by atoms with van der Waals surface area (Å²) < 4.78 is 10.4. The zero-order chi connectivity index (χ0) is 13.8. The van der Waals surface area contributed by atoms with Crippen molar-refractivity contribution >= 4 is 11.9 Å². The van der Waals surface area contributed by atoms with Gasteiger partial charge in [-0.25, -0.2) is 10.2 Å². The molecular formula is C12H14N2O5. The van der Waals surface area contributed by atoms with Gasteiger partial charge in [0.1, 0.15) is 5.75 Å². The minimum Gasteiger partial charge on any atom is -0.467 e. The lowest BCUT2D eigenvalue weighted by Crippen LogP contribution is -2.46. The van der Waals surface area contributed by atoms with Crippen molar-refractivity contribution in [2.75, 3.05) is 6.79 Å². The molecule has 0 aliphatic carbocycles. The van der Waals surface area contributed by atoms with Crippen molar-refractivity contribution in [3.05, 3.63) is 29.3 Å². The molecule has 1 aromatic rings. The summed E-state index contributed by atoms with van der Waals surface area (Å²) in [7, 11) is 0. The number of ketones is 1. The molecule has 1 aromatic carbocycles. The molecule has 1 aliphatic rings. The molecule has 1 atom stereocenters. The van der Waals surface area contributed by atoms with Gasteiger partial charge in [-0.05, 0) is 13.0 Å². The van der Waals surface area contributed by atoms with E-state index >= 15 is 0 Å². The molecule has 7 heteroatoms. The van der Waals surface area contributed by atoms with E-state index in [0.717, 1.165) is 5.56 Å². The molecule has 7 nitrogen and oxygen atoms in total. The van der Waals surface area contributed by atoms with E-state index in [0.29, 0.717) is 17.9 Å². The Morgan fingerprint density at radius 1 is 1.42 bits per heavy atom. The lowest BCUT2D eigenvalue weighted by atomic mass is 10.0. The average molecular weight is 266 g/mol. The van der Waals surface area contributed by atoms with Crippen LogP contribution in [0.2, 0.25) is 0 Å². The van der Waals surface area contributed by atoms with Gasteiger partial charge in [0.05, 0.1) is 12.6 Å². The first-order valence-corrected chi connectivity index (χ1v) is 5.70. The van der Waals surface area contributed by atoms with E-state index in [4.69, 9.17) is 14.6 Å². The molecule has 2 rings (SSSR count). The van der Waals surface area contributed by atoms with E-state index in [1.165, 1.54) is 0 Å². The van der Waals surface area contributed by atoms with Crippen molar-refractivity contribution in [2.24, 2.45) is 0 Å². The number of carboxylic acid groups (broad SMARTS) is 1. The summed E-state index contributed by atoms with van der Waals surface area (Å²) in [4.78, 5) is 22.4.